The largest absolute Gasteiger partial charge is 0.457 e. The Kier molecular flexibility index (Phi) is 6.62. The summed E-state index contributed by atoms with van der Waals surface area (Å²) in [4.78, 5) is 9.53. The summed E-state index contributed by atoms with van der Waals surface area (Å²) in [7, 11) is 0. The number of hydrogen-bond acceptors (Lipinski definition) is 3. The molecule has 0 amide bonds. The number of rotatable bonds is 4. The van der Waals surface area contributed by atoms with Crippen LogP contribution in [0, 0.1) is 0 Å². The zero-order valence-electron chi connectivity index (χ0n) is 24.7. The minimum Gasteiger partial charge on any atom is -0.457 e. The van der Waals surface area contributed by atoms with Crippen molar-refractivity contribution in [1.29, 1.82) is 0 Å². The lowest BCUT2D eigenvalue weighted by molar-refractivity contribution is 0.489. The maximum Gasteiger partial charge on any atom is 0.135 e. The van der Waals surface area contributed by atoms with Crippen LogP contribution in [-0.4, -0.2) is 9.97 Å². The van der Waals surface area contributed by atoms with E-state index in [1.54, 1.807) is 0 Å². The summed E-state index contributed by atoms with van der Waals surface area (Å²) in [6.07, 6.45) is 3.81. The van der Waals surface area contributed by atoms with Crippen LogP contribution in [0.4, 0.5) is 0 Å². The summed E-state index contributed by atoms with van der Waals surface area (Å²) in [5.41, 5.74) is 6.54. The van der Waals surface area contributed by atoms with Gasteiger partial charge in [-0.15, -0.1) is 0 Å². The second kappa shape index (κ2) is 10.2. The van der Waals surface area contributed by atoms with Crippen molar-refractivity contribution < 1.29 is 4.74 Å². The van der Waals surface area contributed by atoms with Gasteiger partial charge in [0.2, 0.25) is 0 Å². The lowest BCUT2D eigenvalue weighted by Crippen LogP contribution is -2.11. The van der Waals surface area contributed by atoms with Crippen LogP contribution in [0.3, 0.4) is 0 Å². The van der Waals surface area contributed by atoms with Crippen molar-refractivity contribution in [3.05, 3.63) is 121 Å². The number of ether oxygens (including phenoxy) is 1. The van der Waals surface area contributed by atoms with E-state index in [4.69, 9.17) is 14.7 Å². The smallest absolute Gasteiger partial charge is 0.135 e. The van der Waals surface area contributed by atoms with E-state index >= 15 is 0 Å². The molecule has 0 saturated heterocycles. The van der Waals surface area contributed by atoms with Crippen molar-refractivity contribution in [2.45, 2.75) is 52.4 Å². The van der Waals surface area contributed by atoms with E-state index in [1.807, 2.05) is 12.4 Å². The predicted molar refractivity (Wildman–Crippen MR) is 172 cm³/mol. The summed E-state index contributed by atoms with van der Waals surface area (Å²) in [5.74, 6) is 1.58. The molecule has 0 aliphatic rings. The number of fused-ring (bicyclic) bond motifs is 2. The van der Waals surface area contributed by atoms with E-state index < -0.39 is 0 Å². The van der Waals surface area contributed by atoms with E-state index in [2.05, 4.69) is 139 Å². The molecule has 3 heteroatoms. The normalized spacial score (nSPS) is 12.1. The minimum atomic E-state index is 0.0271. The van der Waals surface area contributed by atoms with E-state index in [0.29, 0.717) is 0 Å². The van der Waals surface area contributed by atoms with Gasteiger partial charge in [-0.2, -0.15) is 0 Å². The Morgan fingerprint density at radius 2 is 1.10 bits per heavy atom. The van der Waals surface area contributed by atoms with Gasteiger partial charge >= 0.3 is 0 Å². The van der Waals surface area contributed by atoms with E-state index in [0.717, 1.165) is 55.6 Å². The van der Waals surface area contributed by atoms with Crippen molar-refractivity contribution in [3.63, 3.8) is 0 Å². The molecule has 3 nitrogen and oxygen atoms in total. The SMILES string of the molecule is CC(C)(C)c1ccnc(-c2cc(Oc3cc(-c4cc(C(C)(C)C)ccn4)c4ccccc4c3)c3ccccc3c2)c1. The maximum atomic E-state index is 6.76. The van der Waals surface area contributed by atoms with Gasteiger partial charge in [0.25, 0.3) is 0 Å². The highest BCUT2D eigenvalue weighted by molar-refractivity contribution is 5.98. The molecule has 41 heavy (non-hydrogen) atoms. The first-order chi connectivity index (χ1) is 19.6. The molecule has 0 saturated carbocycles. The number of aromatic nitrogens is 2. The standard InChI is InChI=1S/C38H36N2O/c1-37(2,3)28-15-17-39-34(22-28)27-19-25-11-8-10-14-32(25)36(21-27)41-30-20-26-12-7-9-13-31(26)33(24-30)35-23-29(16-18-40-35)38(4,5)6/h7-24H,1-6H3. The molecule has 0 atom stereocenters. The lowest BCUT2D eigenvalue weighted by atomic mass is 9.86. The molecule has 0 bridgehead atoms. The first-order valence-corrected chi connectivity index (χ1v) is 14.2. The van der Waals surface area contributed by atoms with Gasteiger partial charge in [-0.1, -0.05) is 90.1 Å². The number of pyridine rings is 2. The predicted octanol–water partition coefficient (Wildman–Crippen LogP) is 10.5. The molecule has 0 spiro atoms. The Morgan fingerprint density at radius 3 is 1.76 bits per heavy atom. The number of nitrogens with zero attached hydrogens (tertiary/aromatic N) is 2. The van der Waals surface area contributed by atoms with Gasteiger partial charge in [-0.25, -0.2) is 0 Å². The highest BCUT2D eigenvalue weighted by Gasteiger charge is 2.18. The van der Waals surface area contributed by atoms with Crippen LogP contribution < -0.4 is 4.74 Å². The van der Waals surface area contributed by atoms with Crippen molar-refractivity contribution in [2.24, 2.45) is 0 Å². The van der Waals surface area contributed by atoms with Crippen LogP contribution in [0.2, 0.25) is 0 Å². The van der Waals surface area contributed by atoms with Crippen LogP contribution in [-0.2, 0) is 10.8 Å². The van der Waals surface area contributed by atoms with E-state index in [-0.39, 0.29) is 10.8 Å². The number of hydrogen-bond donors (Lipinski definition) is 0. The van der Waals surface area contributed by atoms with E-state index in [1.165, 1.54) is 11.1 Å². The molecule has 0 aliphatic heterocycles. The summed E-state index contributed by atoms with van der Waals surface area (Å²) in [6.45, 7) is 13.4. The third-order valence-electron chi connectivity index (χ3n) is 7.71. The molecule has 0 unspecified atom stereocenters. The van der Waals surface area contributed by atoms with Gasteiger partial charge in [0.1, 0.15) is 11.5 Å². The average molecular weight is 537 g/mol. The fourth-order valence-corrected chi connectivity index (χ4v) is 5.29. The summed E-state index contributed by atoms with van der Waals surface area (Å²) < 4.78 is 6.76. The van der Waals surface area contributed by atoms with Crippen molar-refractivity contribution in [3.8, 4) is 34.0 Å². The van der Waals surface area contributed by atoms with Gasteiger partial charge in [-0.05, 0) is 86.6 Å². The Hall–Kier alpha value is -4.50. The molecule has 4 aromatic carbocycles. The molecule has 0 fully saturated rings. The van der Waals surface area contributed by atoms with Crippen molar-refractivity contribution >= 4 is 21.5 Å². The average Bonchev–Trinajstić information content (AvgIpc) is 2.96. The fraction of sp³-hybridized carbons (Fsp3) is 0.211. The second-order valence-corrected chi connectivity index (χ2v) is 12.8. The Morgan fingerprint density at radius 1 is 0.537 bits per heavy atom. The third-order valence-corrected chi connectivity index (χ3v) is 7.71. The van der Waals surface area contributed by atoms with Gasteiger partial charge in [0.05, 0.1) is 11.4 Å². The molecule has 0 radical (unpaired) electrons. The topological polar surface area (TPSA) is 35.0 Å². The van der Waals surface area contributed by atoms with Crippen LogP contribution in [0.1, 0.15) is 52.7 Å². The third kappa shape index (κ3) is 5.45. The molecular formula is C38H36N2O. The van der Waals surface area contributed by atoms with Crippen LogP contribution in [0.25, 0.3) is 44.1 Å². The highest BCUT2D eigenvalue weighted by atomic mass is 16.5. The summed E-state index contributed by atoms with van der Waals surface area (Å²) in [6, 6.07) is 34.0. The Bertz CT molecular complexity index is 1890. The maximum absolute atomic E-state index is 6.76. The van der Waals surface area contributed by atoms with Crippen LogP contribution in [0.15, 0.2) is 109 Å². The molecule has 0 aliphatic carbocycles. The first-order valence-electron chi connectivity index (χ1n) is 14.2. The molecule has 2 aromatic heterocycles. The zero-order chi connectivity index (χ0) is 28.8. The molecule has 2 heterocycles. The molecule has 0 N–H and O–H groups in total. The highest BCUT2D eigenvalue weighted by Crippen LogP contribution is 2.39. The van der Waals surface area contributed by atoms with Gasteiger partial charge in [0.15, 0.2) is 0 Å². The molecule has 6 aromatic rings. The van der Waals surface area contributed by atoms with Gasteiger partial charge in [0, 0.05) is 28.9 Å². The first kappa shape index (κ1) is 26.7. The second-order valence-electron chi connectivity index (χ2n) is 12.8. The van der Waals surface area contributed by atoms with Crippen molar-refractivity contribution in [1.82, 2.24) is 9.97 Å². The lowest BCUT2D eigenvalue weighted by Gasteiger charge is -2.20. The molecule has 6 rings (SSSR count). The quantitative estimate of drug-likeness (QED) is 0.225. The van der Waals surface area contributed by atoms with Crippen LogP contribution in [0.5, 0.6) is 11.5 Å². The summed E-state index contributed by atoms with van der Waals surface area (Å²) in [5, 5.41) is 4.44. The monoisotopic (exact) mass is 536 g/mol. The van der Waals surface area contributed by atoms with Gasteiger partial charge < -0.3 is 4.74 Å². The fourth-order valence-electron chi connectivity index (χ4n) is 5.29. The minimum absolute atomic E-state index is 0.0271. The summed E-state index contributed by atoms with van der Waals surface area (Å²) >= 11 is 0. The van der Waals surface area contributed by atoms with Crippen LogP contribution >= 0.6 is 0 Å². The number of benzene rings is 4. The van der Waals surface area contributed by atoms with E-state index in [9.17, 15) is 0 Å². The molecular weight excluding hydrogens is 500 g/mol. The van der Waals surface area contributed by atoms with Gasteiger partial charge in [-0.3, -0.25) is 9.97 Å². The zero-order valence-corrected chi connectivity index (χ0v) is 24.7. The Balaban J connectivity index is 1.50. The van der Waals surface area contributed by atoms with Crippen molar-refractivity contribution in [2.75, 3.05) is 0 Å². The Labute approximate surface area is 242 Å². The molecule has 204 valence electrons.